The lowest BCUT2D eigenvalue weighted by Crippen LogP contribution is -2.28. The number of fused-ring (bicyclic) bond motifs is 3. The summed E-state index contributed by atoms with van der Waals surface area (Å²) in [6.07, 6.45) is 1.72. The Morgan fingerprint density at radius 1 is 1.27 bits per heavy atom. The lowest BCUT2D eigenvalue weighted by atomic mass is 9.84. The monoisotopic (exact) mass is 454 g/mol. The standard InChI is InChI=1S/C24H24F2N4O3/c1-13-10-15(14(2)28-17-4-3-8-27-19(17)21(32)33)18-16(11-13)20(31)30-9-7-23(22(30)29-18)5-6-24(25,26)12-23/h3-4,8,10-11,14,28H,5-7,9,12H2,1-2H3,(H,32,33)/t14-,23+/m1/s1. The van der Waals surface area contributed by atoms with Crippen LogP contribution in [-0.4, -0.2) is 31.5 Å². The lowest BCUT2D eigenvalue weighted by molar-refractivity contribution is 0.00241. The molecular weight excluding hydrogens is 430 g/mol. The molecule has 172 valence electrons. The number of anilines is 1. The second-order valence-corrected chi connectivity index (χ2v) is 9.28. The van der Waals surface area contributed by atoms with E-state index in [2.05, 4.69) is 10.3 Å². The second-order valence-electron chi connectivity index (χ2n) is 9.28. The maximum Gasteiger partial charge on any atom is 0.356 e. The van der Waals surface area contributed by atoms with Crippen LogP contribution in [0.15, 0.2) is 35.3 Å². The molecule has 2 aliphatic rings. The molecule has 33 heavy (non-hydrogen) atoms. The summed E-state index contributed by atoms with van der Waals surface area (Å²) in [5, 5.41) is 13.1. The van der Waals surface area contributed by atoms with Crippen molar-refractivity contribution in [3.8, 4) is 0 Å². The first-order valence-electron chi connectivity index (χ1n) is 11.0. The van der Waals surface area contributed by atoms with Gasteiger partial charge in [0, 0.05) is 36.6 Å². The van der Waals surface area contributed by atoms with Crippen molar-refractivity contribution >= 4 is 22.6 Å². The molecule has 0 bridgehead atoms. The maximum absolute atomic E-state index is 14.2. The number of carbonyl (C=O) groups is 1. The summed E-state index contributed by atoms with van der Waals surface area (Å²) in [6, 6.07) is 6.52. The van der Waals surface area contributed by atoms with Gasteiger partial charge in [0.2, 0.25) is 5.92 Å². The molecule has 3 heterocycles. The number of aromatic carboxylic acids is 1. The van der Waals surface area contributed by atoms with Gasteiger partial charge in [0.25, 0.3) is 5.56 Å². The number of hydrogen-bond donors (Lipinski definition) is 2. The van der Waals surface area contributed by atoms with Crippen LogP contribution in [0.2, 0.25) is 0 Å². The fraction of sp³-hybridized carbons (Fsp3) is 0.417. The van der Waals surface area contributed by atoms with Gasteiger partial charge in [-0.1, -0.05) is 6.07 Å². The first-order chi connectivity index (χ1) is 15.6. The summed E-state index contributed by atoms with van der Waals surface area (Å²) in [5.74, 6) is -3.46. The highest BCUT2D eigenvalue weighted by Gasteiger charge is 2.54. The van der Waals surface area contributed by atoms with E-state index in [4.69, 9.17) is 4.98 Å². The number of pyridine rings is 1. The van der Waals surface area contributed by atoms with E-state index in [-0.39, 0.29) is 24.1 Å². The van der Waals surface area contributed by atoms with E-state index in [0.29, 0.717) is 47.4 Å². The van der Waals surface area contributed by atoms with Crippen LogP contribution in [0.3, 0.4) is 0 Å². The quantitative estimate of drug-likeness (QED) is 0.605. The van der Waals surface area contributed by atoms with Crippen molar-refractivity contribution in [2.75, 3.05) is 5.32 Å². The largest absolute Gasteiger partial charge is 0.476 e. The van der Waals surface area contributed by atoms with Crippen molar-refractivity contribution in [1.29, 1.82) is 0 Å². The van der Waals surface area contributed by atoms with Crippen molar-refractivity contribution in [3.63, 3.8) is 0 Å². The molecule has 0 radical (unpaired) electrons. The number of hydrogen-bond acceptors (Lipinski definition) is 5. The average Bonchev–Trinajstić information content (AvgIpc) is 3.27. The van der Waals surface area contributed by atoms with E-state index in [1.165, 1.54) is 6.20 Å². The third-order valence-corrected chi connectivity index (χ3v) is 6.94. The Morgan fingerprint density at radius 3 is 2.76 bits per heavy atom. The van der Waals surface area contributed by atoms with Gasteiger partial charge in [-0.25, -0.2) is 23.5 Å². The molecule has 2 aromatic heterocycles. The Labute approximate surface area is 188 Å². The highest BCUT2D eigenvalue weighted by atomic mass is 19.3. The molecule has 5 rings (SSSR count). The van der Waals surface area contributed by atoms with Crippen LogP contribution in [0, 0.1) is 6.92 Å². The van der Waals surface area contributed by atoms with Crippen molar-refractivity contribution in [1.82, 2.24) is 14.5 Å². The minimum absolute atomic E-state index is 0.109. The molecule has 9 heteroatoms. The van der Waals surface area contributed by atoms with E-state index < -0.39 is 23.3 Å². The number of halogens is 2. The minimum atomic E-state index is -2.75. The van der Waals surface area contributed by atoms with Gasteiger partial charge in [0.05, 0.1) is 22.6 Å². The van der Waals surface area contributed by atoms with Crippen molar-refractivity contribution in [2.45, 2.75) is 63.5 Å². The van der Waals surface area contributed by atoms with Gasteiger partial charge in [-0.2, -0.15) is 0 Å². The highest BCUT2D eigenvalue weighted by Crippen LogP contribution is 2.52. The van der Waals surface area contributed by atoms with Crippen LogP contribution in [0.1, 0.15) is 66.1 Å². The average molecular weight is 454 g/mol. The van der Waals surface area contributed by atoms with Gasteiger partial charge in [-0.3, -0.25) is 9.36 Å². The molecule has 1 spiro atoms. The highest BCUT2D eigenvalue weighted by molar-refractivity contribution is 5.92. The Kier molecular flexibility index (Phi) is 4.77. The van der Waals surface area contributed by atoms with Crippen LogP contribution in [0.5, 0.6) is 0 Å². The number of benzene rings is 1. The van der Waals surface area contributed by atoms with Gasteiger partial charge in [0.1, 0.15) is 5.82 Å². The van der Waals surface area contributed by atoms with E-state index in [1.54, 1.807) is 22.8 Å². The van der Waals surface area contributed by atoms with Crippen molar-refractivity contribution in [2.24, 2.45) is 0 Å². The molecule has 1 saturated carbocycles. The number of alkyl halides is 2. The van der Waals surface area contributed by atoms with Gasteiger partial charge in [-0.05, 0) is 50.5 Å². The number of carboxylic acid groups (broad SMARTS) is 1. The fourth-order valence-corrected chi connectivity index (χ4v) is 5.38. The summed E-state index contributed by atoms with van der Waals surface area (Å²) >= 11 is 0. The first kappa shape index (κ1) is 21.5. The topological polar surface area (TPSA) is 97.1 Å². The molecule has 1 aromatic carbocycles. The molecule has 0 amide bonds. The summed E-state index contributed by atoms with van der Waals surface area (Å²) in [6.45, 7) is 4.11. The Bertz CT molecular complexity index is 1350. The van der Waals surface area contributed by atoms with E-state index in [9.17, 15) is 23.5 Å². The van der Waals surface area contributed by atoms with Crippen LogP contribution >= 0.6 is 0 Å². The number of nitrogens with one attached hydrogen (secondary N) is 1. The van der Waals surface area contributed by atoms with Crippen LogP contribution in [-0.2, 0) is 12.0 Å². The van der Waals surface area contributed by atoms with E-state index in [0.717, 1.165) is 5.56 Å². The molecule has 1 aliphatic heterocycles. The molecule has 1 fully saturated rings. The zero-order valence-corrected chi connectivity index (χ0v) is 18.4. The molecule has 7 nitrogen and oxygen atoms in total. The second kappa shape index (κ2) is 7.33. The van der Waals surface area contributed by atoms with Crippen molar-refractivity contribution in [3.05, 3.63) is 63.5 Å². The van der Waals surface area contributed by atoms with Gasteiger partial charge >= 0.3 is 5.97 Å². The smallest absolute Gasteiger partial charge is 0.356 e. The third kappa shape index (κ3) is 3.46. The molecular formula is C24H24F2N4O3. The summed E-state index contributed by atoms with van der Waals surface area (Å²) in [4.78, 5) is 33.7. The maximum atomic E-state index is 14.2. The van der Waals surface area contributed by atoms with Crippen LogP contribution < -0.4 is 10.9 Å². The number of rotatable bonds is 4. The SMILES string of the molecule is Cc1cc([C@@H](C)Nc2cccnc2C(=O)O)c2nc3n(c(=O)c2c1)CC[C@]31CCC(F)(F)C1. The summed E-state index contributed by atoms with van der Waals surface area (Å²) < 4.78 is 29.9. The van der Waals surface area contributed by atoms with Crippen molar-refractivity contribution < 1.29 is 18.7 Å². The Balaban J connectivity index is 1.64. The van der Waals surface area contributed by atoms with Crippen LogP contribution in [0.4, 0.5) is 14.5 Å². The molecule has 3 aromatic rings. The van der Waals surface area contributed by atoms with E-state index >= 15 is 0 Å². The molecule has 2 atom stereocenters. The molecule has 2 N–H and O–H groups in total. The molecule has 0 unspecified atom stereocenters. The normalized spacial score (nSPS) is 21.9. The molecule has 1 aliphatic carbocycles. The fourth-order valence-electron chi connectivity index (χ4n) is 5.38. The zero-order chi connectivity index (χ0) is 23.5. The predicted molar refractivity (Wildman–Crippen MR) is 119 cm³/mol. The number of nitrogens with zero attached hydrogens (tertiary/aromatic N) is 3. The lowest BCUT2D eigenvalue weighted by Gasteiger charge is -2.24. The summed E-state index contributed by atoms with van der Waals surface area (Å²) in [5.41, 5.74) is 1.27. The zero-order valence-electron chi connectivity index (χ0n) is 18.4. The summed E-state index contributed by atoms with van der Waals surface area (Å²) in [7, 11) is 0. The van der Waals surface area contributed by atoms with Gasteiger partial charge in [-0.15, -0.1) is 0 Å². The minimum Gasteiger partial charge on any atom is -0.476 e. The predicted octanol–water partition coefficient (Wildman–Crippen LogP) is 4.43. The Morgan fingerprint density at radius 2 is 2.06 bits per heavy atom. The number of aryl methyl sites for hydroxylation is 1. The van der Waals surface area contributed by atoms with Gasteiger partial charge < -0.3 is 10.4 Å². The first-order valence-corrected chi connectivity index (χ1v) is 11.0. The number of aromatic nitrogens is 3. The van der Waals surface area contributed by atoms with Crippen LogP contribution in [0.25, 0.3) is 10.9 Å². The number of carboxylic acids is 1. The third-order valence-electron chi connectivity index (χ3n) is 6.94. The Hall–Kier alpha value is -3.36. The van der Waals surface area contributed by atoms with Gasteiger partial charge in [0.15, 0.2) is 5.69 Å². The van der Waals surface area contributed by atoms with E-state index in [1.807, 2.05) is 19.9 Å². The molecule has 0 saturated heterocycles.